The van der Waals surface area contributed by atoms with E-state index in [9.17, 15) is 15.3 Å². The number of aliphatic hydroxyl groups excluding tert-OH is 3. The molecule has 2 aromatic rings. The highest BCUT2D eigenvalue weighted by Crippen LogP contribution is 2.29. The standard InChI is InChI=1S/C16H19NO5/c1-9-14(19)15(20)13(8-18)22-16(9)21-11-4-5-12-10(7-11)3-2-6-17-12/h2-7,9,13-16,18-20H,8H2,1H3/t9?,13?,14-,15+,16-/m1/s1. The van der Waals surface area contributed by atoms with Gasteiger partial charge in [-0.3, -0.25) is 4.98 Å². The molecule has 0 saturated carbocycles. The summed E-state index contributed by atoms with van der Waals surface area (Å²) in [4.78, 5) is 4.24. The van der Waals surface area contributed by atoms with E-state index in [1.807, 2.05) is 24.3 Å². The number of rotatable bonds is 3. The number of aromatic nitrogens is 1. The van der Waals surface area contributed by atoms with Gasteiger partial charge in [0, 0.05) is 17.5 Å². The number of fused-ring (bicyclic) bond motifs is 1. The van der Waals surface area contributed by atoms with Crippen molar-refractivity contribution in [1.82, 2.24) is 4.98 Å². The first-order chi connectivity index (χ1) is 10.6. The van der Waals surface area contributed by atoms with E-state index in [0.29, 0.717) is 5.75 Å². The van der Waals surface area contributed by atoms with Crippen LogP contribution in [0.2, 0.25) is 0 Å². The summed E-state index contributed by atoms with van der Waals surface area (Å²) in [7, 11) is 0. The van der Waals surface area contributed by atoms with Crippen LogP contribution >= 0.6 is 0 Å². The Bertz CT molecular complexity index is 647. The van der Waals surface area contributed by atoms with Crippen LogP contribution in [-0.4, -0.2) is 51.5 Å². The Morgan fingerprint density at radius 1 is 1.23 bits per heavy atom. The van der Waals surface area contributed by atoms with E-state index in [1.165, 1.54) is 0 Å². The Morgan fingerprint density at radius 3 is 2.82 bits per heavy atom. The molecule has 1 saturated heterocycles. The molecule has 1 aliphatic rings. The lowest BCUT2D eigenvalue weighted by Crippen LogP contribution is -2.56. The Balaban J connectivity index is 1.80. The summed E-state index contributed by atoms with van der Waals surface area (Å²) < 4.78 is 11.3. The number of aliphatic hydroxyl groups is 3. The Kier molecular flexibility index (Phi) is 4.26. The monoisotopic (exact) mass is 305 g/mol. The van der Waals surface area contributed by atoms with Crippen LogP contribution in [0.5, 0.6) is 5.75 Å². The Hall–Kier alpha value is -1.73. The molecule has 2 unspecified atom stereocenters. The summed E-state index contributed by atoms with van der Waals surface area (Å²) in [5, 5.41) is 30.0. The number of ether oxygens (including phenoxy) is 2. The normalized spacial score (nSPS) is 32.1. The van der Waals surface area contributed by atoms with Gasteiger partial charge in [0.15, 0.2) is 0 Å². The number of hydrogen-bond donors (Lipinski definition) is 3. The van der Waals surface area contributed by atoms with E-state index in [0.717, 1.165) is 10.9 Å². The zero-order valence-electron chi connectivity index (χ0n) is 12.2. The molecule has 0 aliphatic carbocycles. The van der Waals surface area contributed by atoms with Gasteiger partial charge in [-0.2, -0.15) is 0 Å². The highest BCUT2D eigenvalue weighted by atomic mass is 16.7. The molecule has 1 fully saturated rings. The molecular formula is C16H19NO5. The molecule has 1 aliphatic heterocycles. The lowest BCUT2D eigenvalue weighted by Gasteiger charge is -2.40. The minimum atomic E-state index is -1.12. The maximum absolute atomic E-state index is 10.0. The first kappa shape index (κ1) is 15.2. The van der Waals surface area contributed by atoms with Crippen molar-refractivity contribution in [2.75, 3.05) is 6.61 Å². The van der Waals surface area contributed by atoms with E-state index in [1.54, 1.807) is 19.2 Å². The van der Waals surface area contributed by atoms with Crippen LogP contribution in [-0.2, 0) is 4.74 Å². The van der Waals surface area contributed by atoms with Crippen molar-refractivity contribution in [3.05, 3.63) is 36.5 Å². The summed E-state index contributed by atoms with van der Waals surface area (Å²) in [5.41, 5.74) is 0.858. The lowest BCUT2D eigenvalue weighted by atomic mass is 9.92. The topological polar surface area (TPSA) is 92.0 Å². The van der Waals surface area contributed by atoms with Gasteiger partial charge in [-0.25, -0.2) is 0 Å². The first-order valence-electron chi connectivity index (χ1n) is 7.24. The third-order valence-electron chi connectivity index (χ3n) is 4.01. The van der Waals surface area contributed by atoms with Crippen molar-refractivity contribution in [3.63, 3.8) is 0 Å². The highest BCUT2D eigenvalue weighted by Gasteiger charge is 2.43. The van der Waals surface area contributed by atoms with E-state index in [-0.39, 0.29) is 6.61 Å². The molecule has 3 N–H and O–H groups in total. The van der Waals surface area contributed by atoms with Crippen molar-refractivity contribution in [3.8, 4) is 5.75 Å². The van der Waals surface area contributed by atoms with Crippen molar-refractivity contribution >= 4 is 10.9 Å². The fourth-order valence-electron chi connectivity index (χ4n) is 2.62. The average Bonchev–Trinajstić information content (AvgIpc) is 2.55. The van der Waals surface area contributed by atoms with Gasteiger partial charge in [0.1, 0.15) is 18.0 Å². The summed E-state index contributed by atoms with van der Waals surface area (Å²) in [6.07, 6.45) is -2.03. The molecule has 5 atom stereocenters. The van der Waals surface area contributed by atoms with Crippen molar-refractivity contribution in [1.29, 1.82) is 0 Å². The van der Waals surface area contributed by atoms with Crippen molar-refractivity contribution in [2.45, 2.75) is 31.5 Å². The van der Waals surface area contributed by atoms with Gasteiger partial charge in [0.25, 0.3) is 0 Å². The molecule has 0 spiro atoms. The number of pyridine rings is 1. The van der Waals surface area contributed by atoms with Crippen LogP contribution in [0.25, 0.3) is 10.9 Å². The molecule has 118 valence electrons. The van der Waals surface area contributed by atoms with E-state index in [2.05, 4.69) is 4.98 Å². The molecule has 22 heavy (non-hydrogen) atoms. The zero-order chi connectivity index (χ0) is 15.7. The quantitative estimate of drug-likeness (QED) is 0.773. The predicted octanol–water partition coefficient (Wildman–Crippen LogP) is 0.689. The molecule has 2 heterocycles. The molecule has 6 nitrogen and oxygen atoms in total. The molecule has 3 rings (SSSR count). The lowest BCUT2D eigenvalue weighted by molar-refractivity contribution is -0.256. The highest BCUT2D eigenvalue weighted by molar-refractivity contribution is 5.79. The number of nitrogens with zero attached hydrogens (tertiary/aromatic N) is 1. The van der Waals surface area contributed by atoms with Gasteiger partial charge < -0.3 is 24.8 Å². The molecular weight excluding hydrogens is 286 g/mol. The molecule has 1 aromatic heterocycles. The largest absolute Gasteiger partial charge is 0.465 e. The third kappa shape index (κ3) is 2.78. The van der Waals surface area contributed by atoms with Crippen LogP contribution < -0.4 is 4.74 Å². The average molecular weight is 305 g/mol. The van der Waals surface area contributed by atoms with E-state index < -0.39 is 30.5 Å². The fourth-order valence-corrected chi connectivity index (χ4v) is 2.62. The molecule has 6 heteroatoms. The minimum absolute atomic E-state index is 0.382. The Morgan fingerprint density at radius 2 is 2.05 bits per heavy atom. The molecule has 0 bridgehead atoms. The number of benzene rings is 1. The SMILES string of the molecule is CC1[C@H](Oc2ccc3ncccc3c2)OC(CO)[C@H](O)[C@@H]1O. The van der Waals surface area contributed by atoms with Crippen LogP contribution in [0.15, 0.2) is 36.5 Å². The summed E-state index contributed by atoms with van der Waals surface area (Å²) in [6, 6.07) is 9.22. The third-order valence-corrected chi connectivity index (χ3v) is 4.01. The minimum Gasteiger partial charge on any atom is -0.465 e. The van der Waals surface area contributed by atoms with Crippen LogP contribution in [0.3, 0.4) is 0 Å². The van der Waals surface area contributed by atoms with Gasteiger partial charge in [-0.15, -0.1) is 0 Å². The second-order valence-electron chi connectivity index (χ2n) is 5.54. The Labute approximate surface area is 127 Å². The molecule has 0 amide bonds. The van der Waals surface area contributed by atoms with Gasteiger partial charge in [-0.1, -0.05) is 13.0 Å². The summed E-state index contributed by atoms with van der Waals surface area (Å²) in [5.74, 6) is 0.153. The van der Waals surface area contributed by atoms with Crippen LogP contribution in [0.4, 0.5) is 0 Å². The van der Waals surface area contributed by atoms with Gasteiger partial charge in [0.05, 0.1) is 18.2 Å². The number of hydrogen-bond acceptors (Lipinski definition) is 6. The van der Waals surface area contributed by atoms with E-state index >= 15 is 0 Å². The van der Waals surface area contributed by atoms with Crippen molar-refractivity contribution < 1.29 is 24.8 Å². The van der Waals surface area contributed by atoms with Crippen LogP contribution in [0, 0.1) is 5.92 Å². The van der Waals surface area contributed by atoms with Crippen molar-refractivity contribution in [2.24, 2.45) is 5.92 Å². The summed E-state index contributed by atoms with van der Waals surface area (Å²) in [6.45, 7) is 1.35. The fraction of sp³-hybridized carbons (Fsp3) is 0.438. The second kappa shape index (κ2) is 6.18. The van der Waals surface area contributed by atoms with E-state index in [4.69, 9.17) is 9.47 Å². The molecule has 0 radical (unpaired) electrons. The maximum atomic E-state index is 10.0. The first-order valence-corrected chi connectivity index (χ1v) is 7.24. The predicted molar refractivity (Wildman–Crippen MR) is 79.3 cm³/mol. The van der Waals surface area contributed by atoms with Gasteiger partial charge in [0.2, 0.25) is 6.29 Å². The van der Waals surface area contributed by atoms with Gasteiger partial charge >= 0.3 is 0 Å². The maximum Gasteiger partial charge on any atom is 0.205 e. The second-order valence-corrected chi connectivity index (χ2v) is 5.54. The van der Waals surface area contributed by atoms with Crippen LogP contribution in [0.1, 0.15) is 6.92 Å². The molecule has 1 aromatic carbocycles. The smallest absolute Gasteiger partial charge is 0.205 e. The van der Waals surface area contributed by atoms with Gasteiger partial charge in [-0.05, 0) is 24.3 Å². The zero-order valence-corrected chi connectivity index (χ0v) is 12.2. The summed E-state index contributed by atoms with van der Waals surface area (Å²) >= 11 is 0.